The molecule has 7 heteroatoms. The molecular weight excluding hydrogens is 361 g/mol. The van der Waals surface area contributed by atoms with Gasteiger partial charge in [0.25, 0.3) is 5.91 Å². The summed E-state index contributed by atoms with van der Waals surface area (Å²) < 4.78 is 18.3. The lowest BCUT2D eigenvalue weighted by atomic mass is 10.0. The molecule has 1 N–H and O–H groups in total. The Morgan fingerprint density at radius 3 is 2.46 bits per heavy atom. The van der Waals surface area contributed by atoms with Crippen molar-refractivity contribution in [1.29, 1.82) is 0 Å². The van der Waals surface area contributed by atoms with Gasteiger partial charge in [0, 0.05) is 31.2 Å². The molecular formula is C21H28FN3O3. The number of benzene rings is 1. The number of amides is 2. The zero-order valence-corrected chi connectivity index (χ0v) is 16.7. The fourth-order valence-electron chi connectivity index (χ4n) is 3.77. The van der Waals surface area contributed by atoms with Crippen molar-refractivity contribution < 1.29 is 18.7 Å². The zero-order valence-electron chi connectivity index (χ0n) is 16.7. The van der Waals surface area contributed by atoms with Crippen LogP contribution in [0.1, 0.15) is 39.2 Å². The van der Waals surface area contributed by atoms with Gasteiger partial charge in [0.1, 0.15) is 12.0 Å². The SMILES string of the molecule is CCOC(=O)N1CCC(NC2C(C)=C(C)C(=O)N2Cc2ccc(F)cc2)CC1. The van der Waals surface area contributed by atoms with Crippen LogP contribution in [0.3, 0.4) is 0 Å². The largest absolute Gasteiger partial charge is 0.450 e. The first kappa shape index (κ1) is 20.3. The number of nitrogens with one attached hydrogen (secondary N) is 1. The van der Waals surface area contributed by atoms with Gasteiger partial charge in [-0.2, -0.15) is 0 Å². The number of piperidine rings is 1. The number of likely N-dealkylation sites (tertiary alicyclic amines) is 1. The Labute approximate surface area is 165 Å². The van der Waals surface area contributed by atoms with Crippen molar-refractivity contribution in [3.8, 4) is 0 Å². The van der Waals surface area contributed by atoms with Gasteiger partial charge in [-0.15, -0.1) is 0 Å². The van der Waals surface area contributed by atoms with Crippen molar-refractivity contribution in [1.82, 2.24) is 15.1 Å². The lowest BCUT2D eigenvalue weighted by Crippen LogP contribution is -2.52. The predicted molar refractivity (Wildman–Crippen MR) is 104 cm³/mol. The molecule has 2 aliphatic rings. The number of carbonyl (C=O) groups is 2. The first-order valence-electron chi connectivity index (χ1n) is 9.81. The van der Waals surface area contributed by atoms with Crippen LogP contribution in [0.15, 0.2) is 35.4 Å². The van der Waals surface area contributed by atoms with Crippen molar-refractivity contribution in [2.75, 3.05) is 19.7 Å². The van der Waals surface area contributed by atoms with Gasteiger partial charge in [0.15, 0.2) is 0 Å². The highest BCUT2D eigenvalue weighted by atomic mass is 19.1. The van der Waals surface area contributed by atoms with E-state index in [1.807, 2.05) is 13.8 Å². The zero-order chi connectivity index (χ0) is 20.3. The van der Waals surface area contributed by atoms with Gasteiger partial charge in [0.2, 0.25) is 0 Å². The summed E-state index contributed by atoms with van der Waals surface area (Å²) in [6.45, 7) is 7.70. The first-order valence-corrected chi connectivity index (χ1v) is 9.81. The average molecular weight is 389 g/mol. The molecule has 28 heavy (non-hydrogen) atoms. The molecule has 1 saturated heterocycles. The van der Waals surface area contributed by atoms with Crippen LogP contribution in [-0.2, 0) is 16.1 Å². The lowest BCUT2D eigenvalue weighted by molar-refractivity contribution is -0.128. The van der Waals surface area contributed by atoms with E-state index in [0.29, 0.717) is 26.2 Å². The summed E-state index contributed by atoms with van der Waals surface area (Å²) >= 11 is 0. The van der Waals surface area contributed by atoms with Gasteiger partial charge < -0.3 is 14.5 Å². The Morgan fingerprint density at radius 2 is 1.86 bits per heavy atom. The molecule has 1 aromatic rings. The number of rotatable bonds is 5. The summed E-state index contributed by atoms with van der Waals surface area (Å²) in [5, 5.41) is 3.60. The van der Waals surface area contributed by atoms with Crippen LogP contribution < -0.4 is 5.32 Å². The standard InChI is InChI=1S/C21H28FN3O3/c1-4-28-21(27)24-11-9-18(10-12-24)23-19-14(2)15(3)20(26)25(19)13-16-5-7-17(22)8-6-16/h5-8,18-19,23H,4,9-13H2,1-3H3. The molecule has 1 aromatic carbocycles. The van der Waals surface area contributed by atoms with E-state index in [-0.39, 0.29) is 30.0 Å². The van der Waals surface area contributed by atoms with Gasteiger partial charge in [-0.25, -0.2) is 9.18 Å². The van der Waals surface area contributed by atoms with Crippen molar-refractivity contribution in [2.45, 2.75) is 52.4 Å². The van der Waals surface area contributed by atoms with Gasteiger partial charge in [-0.3, -0.25) is 10.1 Å². The minimum absolute atomic E-state index is 0.00304. The number of nitrogens with zero attached hydrogens (tertiary/aromatic N) is 2. The summed E-state index contributed by atoms with van der Waals surface area (Å²) in [6, 6.07) is 6.45. The first-order chi connectivity index (χ1) is 13.4. The number of carbonyl (C=O) groups excluding carboxylic acids is 2. The topological polar surface area (TPSA) is 61.9 Å². The van der Waals surface area contributed by atoms with Crippen molar-refractivity contribution in [3.05, 3.63) is 46.8 Å². The minimum atomic E-state index is -0.287. The molecule has 2 amide bonds. The number of ether oxygens (including phenoxy) is 1. The van der Waals surface area contributed by atoms with Crippen molar-refractivity contribution in [2.24, 2.45) is 0 Å². The molecule has 0 aromatic heterocycles. The Bertz CT molecular complexity index is 755. The van der Waals surface area contributed by atoms with E-state index in [1.54, 1.807) is 28.9 Å². The fraction of sp³-hybridized carbons (Fsp3) is 0.524. The second-order valence-corrected chi connectivity index (χ2v) is 7.40. The molecule has 1 unspecified atom stereocenters. The fourth-order valence-corrected chi connectivity index (χ4v) is 3.77. The monoisotopic (exact) mass is 389 g/mol. The molecule has 1 atom stereocenters. The van der Waals surface area contributed by atoms with Crippen LogP contribution in [0.5, 0.6) is 0 Å². The molecule has 152 valence electrons. The van der Waals surface area contributed by atoms with E-state index < -0.39 is 0 Å². The van der Waals surface area contributed by atoms with Crippen molar-refractivity contribution in [3.63, 3.8) is 0 Å². The van der Waals surface area contributed by atoms with Gasteiger partial charge in [-0.1, -0.05) is 12.1 Å². The Morgan fingerprint density at radius 1 is 1.21 bits per heavy atom. The van der Waals surface area contributed by atoms with Gasteiger partial charge in [0.05, 0.1) is 6.61 Å². The number of halogens is 1. The van der Waals surface area contributed by atoms with Crippen LogP contribution >= 0.6 is 0 Å². The third-order valence-corrected chi connectivity index (χ3v) is 5.58. The smallest absolute Gasteiger partial charge is 0.409 e. The predicted octanol–water partition coefficient (Wildman–Crippen LogP) is 3.04. The molecule has 0 bridgehead atoms. The maximum absolute atomic E-state index is 13.2. The maximum atomic E-state index is 13.2. The molecule has 1 fully saturated rings. The molecule has 0 aliphatic carbocycles. The molecule has 0 radical (unpaired) electrons. The third kappa shape index (κ3) is 4.35. The Kier molecular flexibility index (Phi) is 6.34. The Balaban J connectivity index is 1.64. The second-order valence-electron chi connectivity index (χ2n) is 7.40. The summed E-state index contributed by atoms with van der Waals surface area (Å²) in [4.78, 5) is 28.1. The molecule has 3 rings (SSSR count). The van der Waals surface area contributed by atoms with Crippen LogP contribution in [0.25, 0.3) is 0 Å². The van der Waals surface area contributed by atoms with E-state index in [1.165, 1.54) is 12.1 Å². The second kappa shape index (κ2) is 8.73. The van der Waals surface area contributed by atoms with Gasteiger partial charge in [-0.05, 0) is 56.9 Å². The highest BCUT2D eigenvalue weighted by molar-refractivity contribution is 5.96. The summed E-state index contributed by atoms with van der Waals surface area (Å²) in [5.74, 6) is -0.284. The molecule has 2 heterocycles. The van der Waals surface area contributed by atoms with E-state index >= 15 is 0 Å². The van der Waals surface area contributed by atoms with E-state index in [4.69, 9.17) is 4.74 Å². The molecule has 0 saturated carbocycles. The highest BCUT2D eigenvalue weighted by Crippen LogP contribution is 2.27. The van der Waals surface area contributed by atoms with Crippen molar-refractivity contribution >= 4 is 12.0 Å². The van der Waals surface area contributed by atoms with E-state index in [2.05, 4.69) is 5.32 Å². The molecule has 6 nitrogen and oxygen atoms in total. The minimum Gasteiger partial charge on any atom is -0.450 e. The van der Waals surface area contributed by atoms with E-state index in [0.717, 1.165) is 29.6 Å². The summed E-state index contributed by atoms with van der Waals surface area (Å²) in [6.07, 6.45) is 1.17. The maximum Gasteiger partial charge on any atom is 0.409 e. The average Bonchev–Trinajstić information content (AvgIpc) is 2.89. The lowest BCUT2D eigenvalue weighted by Gasteiger charge is -2.36. The molecule has 2 aliphatic heterocycles. The normalized spacial score (nSPS) is 20.9. The highest BCUT2D eigenvalue weighted by Gasteiger charge is 2.36. The quantitative estimate of drug-likeness (QED) is 0.841. The van der Waals surface area contributed by atoms with Crippen LogP contribution in [-0.4, -0.2) is 53.7 Å². The summed E-state index contributed by atoms with van der Waals surface area (Å²) in [7, 11) is 0. The summed E-state index contributed by atoms with van der Waals surface area (Å²) in [5.41, 5.74) is 2.66. The molecule has 0 spiro atoms. The van der Waals surface area contributed by atoms with Crippen LogP contribution in [0.4, 0.5) is 9.18 Å². The van der Waals surface area contributed by atoms with E-state index in [9.17, 15) is 14.0 Å². The number of hydrogen-bond donors (Lipinski definition) is 1. The Hall–Kier alpha value is -2.41. The van der Waals surface area contributed by atoms with Crippen LogP contribution in [0, 0.1) is 5.82 Å². The van der Waals surface area contributed by atoms with Gasteiger partial charge >= 0.3 is 6.09 Å². The van der Waals surface area contributed by atoms with Crippen LogP contribution in [0.2, 0.25) is 0 Å². The number of hydrogen-bond acceptors (Lipinski definition) is 4. The third-order valence-electron chi connectivity index (χ3n) is 5.58.